The molecule has 5 rings (SSSR count). The minimum Gasteiger partial charge on any atom is -0.453 e. The SMILES string of the molecule is CCC(=O)c1cc(Sc2cnc(Nc3nc(C4CCN(C(C)=O)CC4)cs3)c(Oc3ccccc3)c2)ccn1.[HH]. The van der Waals surface area contributed by atoms with Crippen LogP contribution < -0.4 is 10.1 Å². The molecule has 10 heteroatoms. The van der Waals surface area contributed by atoms with Crippen molar-refractivity contribution in [2.24, 2.45) is 0 Å². The summed E-state index contributed by atoms with van der Waals surface area (Å²) in [5.41, 5.74) is 1.50. The average Bonchev–Trinajstić information content (AvgIpc) is 3.43. The van der Waals surface area contributed by atoms with Crippen molar-refractivity contribution in [3.8, 4) is 11.5 Å². The van der Waals surface area contributed by atoms with Gasteiger partial charge in [-0.1, -0.05) is 36.9 Å². The fourth-order valence-electron chi connectivity index (χ4n) is 4.34. The second-order valence-electron chi connectivity index (χ2n) is 9.17. The lowest BCUT2D eigenvalue weighted by Gasteiger charge is -2.30. The highest BCUT2D eigenvalue weighted by Gasteiger charge is 2.24. The van der Waals surface area contributed by atoms with Crippen molar-refractivity contribution in [3.05, 3.63) is 77.7 Å². The number of para-hydroxylation sites is 1. The molecule has 1 N–H and O–H groups in total. The van der Waals surface area contributed by atoms with Crippen LogP contribution in [0.2, 0.25) is 0 Å². The maximum Gasteiger partial charge on any atom is 0.219 e. The summed E-state index contributed by atoms with van der Waals surface area (Å²) in [5.74, 6) is 2.30. The number of nitrogens with one attached hydrogen (secondary N) is 1. The molecule has 0 unspecified atom stereocenters. The molecule has 1 aromatic carbocycles. The minimum absolute atomic E-state index is 0. The molecule has 0 atom stereocenters. The highest BCUT2D eigenvalue weighted by molar-refractivity contribution is 7.99. The molecule has 4 heterocycles. The van der Waals surface area contributed by atoms with Gasteiger partial charge in [0.05, 0.1) is 5.69 Å². The zero-order chi connectivity index (χ0) is 27.2. The lowest BCUT2D eigenvalue weighted by molar-refractivity contribution is -0.129. The summed E-state index contributed by atoms with van der Waals surface area (Å²) >= 11 is 3.02. The van der Waals surface area contributed by atoms with Gasteiger partial charge in [0.2, 0.25) is 5.91 Å². The van der Waals surface area contributed by atoms with E-state index >= 15 is 0 Å². The Hall–Kier alpha value is -3.76. The Kier molecular flexibility index (Phi) is 8.53. The third-order valence-corrected chi connectivity index (χ3v) is 8.20. The summed E-state index contributed by atoms with van der Waals surface area (Å²) < 4.78 is 6.23. The van der Waals surface area contributed by atoms with Crippen molar-refractivity contribution in [2.45, 2.75) is 48.8 Å². The fraction of sp³-hybridized carbons (Fsp3) is 0.276. The van der Waals surface area contributed by atoms with E-state index in [1.165, 1.54) is 23.1 Å². The van der Waals surface area contributed by atoms with Crippen molar-refractivity contribution >= 4 is 45.7 Å². The standard InChI is InChI=1S/C29H29N5O3S2.H2/c1-3-26(36)24-15-22(9-12-30-24)39-23-16-27(37-21-7-5-4-6-8-21)28(31-17-23)33-29-32-25(18-38-29)20-10-13-34(14-11-20)19(2)35;/h4-9,12,15-18,20H,3,10-11,13-14H2,1-2H3,(H,31,32,33);1H. The summed E-state index contributed by atoms with van der Waals surface area (Å²) in [7, 11) is 0. The van der Waals surface area contributed by atoms with Crippen molar-refractivity contribution < 1.29 is 15.8 Å². The molecule has 202 valence electrons. The van der Waals surface area contributed by atoms with Gasteiger partial charge >= 0.3 is 0 Å². The van der Waals surface area contributed by atoms with Crippen LogP contribution in [-0.4, -0.2) is 44.6 Å². The average molecular weight is 562 g/mol. The summed E-state index contributed by atoms with van der Waals surface area (Å²) in [6, 6.07) is 15.2. The number of amides is 1. The second kappa shape index (κ2) is 12.4. The monoisotopic (exact) mass is 561 g/mol. The number of anilines is 2. The topological polar surface area (TPSA) is 97.3 Å². The summed E-state index contributed by atoms with van der Waals surface area (Å²) in [6.45, 7) is 4.98. The normalized spacial score (nSPS) is 13.7. The lowest BCUT2D eigenvalue weighted by Crippen LogP contribution is -2.36. The number of Topliss-reactive ketones (excluding diaryl/α,β-unsaturated/α-hetero) is 1. The van der Waals surface area contributed by atoms with Crippen molar-refractivity contribution in [1.82, 2.24) is 19.9 Å². The number of piperidine rings is 1. The lowest BCUT2D eigenvalue weighted by atomic mass is 9.94. The van der Waals surface area contributed by atoms with Crippen molar-refractivity contribution in [1.29, 1.82) is 0 Å². The molecule has 0 saturated carbocycles. The van der Waals surface area contributed by atoms with Gasteiger partial charge in [-0.25, -0.2) is 9.97 Å². The summed E-state index contributed by atoms with van der Waals surface area (Å²) in [6.07, 6.45) is 5.67. The zero-order valence-electron chi connectivity index (χ0n) is 21.8. The van der Waals surface area contributed by atoms with Gasteiger partial charge in [-0.05, 0) is 37.1 Å². The number of benzene rings is 1. The predicted molar refractivity (Wildman–Crippen MR) is 155 cm³/mol. The zero-order valence-corrected chi connectivity index (χ0v) is 23.4. The van der Waals surface area contributed by atoms with E-state index in [1.54, 1.807) is 25.4 Å². The molecular formula is C29H31N5O3S2. The number of thiazole rings is 1. The number of nitrogens with zero attached hydrogens (tertiary/aromatic N) is 4. The van der Waals surface area contributed by atoms with Gasteiger partial charge in [0, 0.05) is 67.4 Å². The molecule has 3 aromatic heterocycles. The number of hydrogen-bond acceptors (Lipinski definition) is 9. The molecule has 0 spiro atoms. The van der Waals surface area contributed by atoms with E-state index in [1.807, 2.05) is 54.3 Å². The molecule has 0 aliphatic carbocycles. The van der Waals surface area contributed by atoms with Crippen LogP contribution >= 0.6 is 23.1 Å². The Morgan fingerprint density at radius 2 is 1.92 bits per heavy atom. The second-order valence-corrected chi connectivity index (χ2v) is 11.2. The molecule has 4 aromatic rings. The largest absolute Gasteiger partial charge is 0.453 e. The van der Waals surface area contributed by atoms with E-state index in [0.717, 1.165) is 46.5 Å². The van der Waals surface area contributed by atoms with Crippen LogP contribution in [0.5, 0.6) is 11.5 Å². The molecule has 8 nitrogen and oxygen atoms in total. The first-order valence-corrected chi connectivity index (χ1v) is 14.6. The van der Waals surface area contributed by atoms with Gasteiger partial charge < -0.3 is 15.0 Å². The molecule has 1 fully saturated rings. The van der Waals surface area contributed by atoms with E-state index in [9.17, 15) is 9.59 Å². The molecule has 1 amide bonds. The van der Waals surface area contributed by atoms with Crippen LogP contribution in [0.15, 0.2) is 76.1 Å². The quantitative estimate of drug-likeness (QED) is 0.215. The number of likely N-dealkylation sites (tertiary alicyclic amines) is 1. The number of pyridine rings is 2. The highest BCUT2D eigenvalue weighted by atomic mass is 32.2. The van der Waals surface area contributed by atoms with E-state index in [4.69, 9.17) is 9.72 Å². The first-order valence-electron chi connectivity index (χ1n) is 12.9. The molecule has 0 radical (unpaired) electrons. The maximum atomic E-state index is 12.1. The van der Waals surface area contributed by atoms with Crippen LogP contribution in [0, 0.1) is 0 Å². The van der Waals surface area contributed by atoms with Crippen LogP contribution in [0.3, 0.4) is 0 Å². The number of rotatable bonds is 9. The summed E-state index contributed by atoms with van der Waals surface area (Å²) in [4.78, 5) is 41.1. The third kappa shape index (κ3) is 6.82. The third-order valence-electron chi connectivity index (χ3n) is 6.48. The molecule has 39 heavy (non-hydrogen) atoms. The Balaban J connectivity index is 0.00000370. The van der Waals surface area contributed by atoms with Crippen LogP contribution in [0.4, 0.5) is 10.9 Å². The number of ether oxygens (including phenoxy) is 1. The fourth-order valence-corrected chi connectivity index (χ4v) is 5.97. The number of carbonyl (C=O) groups is 2. The predicted octanol–water partition coefficient (Wildman–Crippen LogP) is 7.18. The molecule has 1 aliphatic heterocycles. The van der Waals surface area contributed by atoms with Crippen LogP contribution in [0.25, 0.3) is 0 Å². The van der Waals surface area contributed by atoms with Crippen molar-refractivity contribution in [2.75, 3.05) is 18.4 Å². The number of aromatic nitrogens is 3. The van der Waals surface area contributed by atoms with Gasteiger partial charge in [0.15, 0.2) is 22.5 Å². The van der Waals surface area contributed by atoms with E-state index in [-0.39, 0.29) is 13.1 Å². The molecule has 1 aliphatic rings. The van der Waals surface area contributed by atoms with Crippen molar-refractivity contribution in [3.63, 3.8) is 0 Å². The first kappa shape index (κ1) is 26.8. The molecule has 1 saturated heterocycles. The number of carbonyl (C=O) groups excluding carboxylic acids is 2. The van der Waals surface area contributed by atoms with Gasteiger partial charge in [0.1, 0.15) is 11.4 Å². The first-order chi connectivity index (χ1) is 19.0. The van der Waals surface area contributed by atoms with E-state index < -0.39 is 0 Å². The molecular weight excluding hydrogens is 530 g/mol. The van der Waals surface area contributed by atoms with E-state index in [2.05, 4.69) is 20.7 Å². The minimum atomic E-state index is 0. The van der Waals surface area contributed by atoms with Gasteiger partial charge in [-0.3, -0.25) is 14.6 Å². The van der Waals surface area contributed by atoms with Crippen LogP contribution in [-0.2, 0) is 4.79 Å². The Labute approximate surface area is 237 Å². The Bertz CT molecular complexity index is 1460. The van der Waals surface area contributed by atoms with Gasteiger partial charge in [-0.15, -0.1) is 11.3 Å². The number of ketones is 1. The number of hydrogen-bond donors (Lipinski definition) is 1. The molecule has 0 bridgehead atoms. The van der Waals surface area contributed by atoms with Gasteiger partial charge in [-0.2, -0.15) is 0 Å². The van der Waals surface area contributed by atoms with Crippen LogP contribution in [0.1, 0.15) is 56.6 Å². The highest BCUT2D eigenvalue weighted by Crippen LogP contribution is 2.37. The maximum absolute atomic E-state index is 12.1. The van der Waals surface area contributed by atoms with E-state index in [0.29, 0.717) is 35.3 Å². The summed E-state index contributed by atoms with van der Waals surface area (Å²) in [5, 5.41) is 6.16. The van der Waals surface area contributed by atoms with Gasteiger partial charge in [0.25, 0.3) is 0 Å². The Morgan fingerprint density at radius 1 is 1.13 bits per heavy atom. The smallest absolute Gasteiger partial charge is 0.219 e. The Morgan fingerprint density at radius 3 is 2.67 bits per heavy atom.